The summed E-state index contributed by atoms with van der Waals surface area (Å²) in [4.78, 5) is 4.63. The lowest BCUT2D eigenvalue weighted by atomic mass is 9.94. The summed E-state index contributed by atoms with van der Waals surface area (Å²) in [6.45, 7) is 5.03. The Morgan fingerprint density at radius 1 is 1.35 bits per heavy atom. The van der Waals surface area contributed by atoms with Gasteiger partial charge in [-0.25, -0.2) is 4.39 Å². The van der Waals surface area contributed by atoms with Crippen LogP contribution < -0.4 is 11.3 Å². The Morgan fingerprint density at radius 2 is 2.10 bits per heavy atom. The van der Waals surface area contributed by atoms with Crippen molar-refractivity contribution in [3.63, 3.8) is 0 Å². The van der Waals surface area contributed by atoms with Crippen LogP contribution in [-0.2, 0) is 0 Å². The van der Waals surface area contributed by atoms with Crippen LogP contribution in [0.4, 0.5) is 4.39 Å². The second-order valence-electron chi connectivity index (χ2n) is 5.81. The van der Waals surface area contributed by atoms with Gasteiger partial charge in [-0.3, -0.25) is 11.3 Å². The average Bonchev–Trinajstić information content (AvgIpc) is 2.57. The van der Waals surface area contributed by atoms with Crippen LogP contribution in [0, 0.1) is 12.7 Å². The number of nitrogens with two attached hydrogens (primary N) is 1. The molecule has 4 nitrogen and oxygen atoms in total. The van der Waals surface area contributed by atoms with Crippen LogP contribution >= 0.6 is 0 Å². The number of rotatable bonds is 3. The van der Waals surface area contributed by atoms with Crippen molar-refractivity contribution in [1.29, 1.82) is 0 Å². The molecule has 2 rings (SSSR count). The van der Waals surface area contributed by atoms with Crippen molar-refractivity contribution in [3.8, 4) is 0 Å². The van der Waals surface area contributed by atoms with Gasteiger partial charge in [-0.05, 0) is 63.8 Å². The van der Waals surface area contributed by atoms with E-state index in [0.29, 0.717) is 0 Å². The summed E-state index contributed by atoms with van der Waals surface area (Å²) < 4.78 is 13.6. The van der Waals surface area contributed by atoms with Gasteiger partial charge in [-0.15, -0.1) is 0 Å². The van der Waals surface area contributed by atoms with Gasteiger partial charge < -0.3 is 9.80 Å². The van der Waals surface area contributed by atoms with E-state index >= 15 is 0 Å². The van der Waals surface area contributed by atoms with Crippen LogP contribution in [0.5, 0.6) is 0 Å². The van der Waals surface area contributed by atoms with Crippen LogP contribution in [-0.4, -0.2) is 49.6 Å². The number of hydrogen-bond acceptors (Lipinski definition) is 4. The van der Waals surface area contributed by atoms with Crippen LogP contribution in [0.15, 0.2) is 18.2 Å². The van der Waals surface area contributed by atoms with E-state index in [9.17, 15) is 4.39 Å². The zero-order valence-electron chi connectivity index (χ0n) is 12.6. The van der Waals surface area contributed by atoms with Crippen molar-refractivity contribution in [2.75, 3.05) is 33.7 Å². The SMILES string of the molecule is Cc1ccc(F)cc1C(NN)C1CN(C)CCCN1C. The van der Waals surface area contributed by atoms with E-state index in [1.54, 1.807) is 6.07 Å². The summed E-state index contributed by atoms with van der Waals surface area (Å²) in [6, 6.07) is 5.06. The molecule has 1 fully saturated rings. The van der Waals surface area contributed by atoms with Crippen LogP contribution in [0.25, 0.3) is 0 Å². The Kier molecular flexibility index (Phi) is 5.10. The largest absolute Gasteiger partial charge is 0.305 e. The van der Waals surface area contributed by atoms with Gasteiger partial charge in [-0.1, -0.05) is 6.07 Å². The maximum Gasteiger partial charge on any atom is 0.123 e. The van der Waals surface area contributed by atoms with Gasteiger partial charge in [0.1, 0.15) is 5.82 Å². The molecule has 1 heterocycles. The maximum atomic E-state index is 13.6. The highest BCUT2D eigenvalue weighted by Gasteiger charge is 2.30. The van der Waals surface area contributed by atoms with E-state index in [4.69, 9.17) is 5.84 Å². The molecule has 3 N–H and O–H groups in total. The number of nitrogens with one attached hydrogen (secondary N) is 1. The fraction of sp³-hybridized carbons (Fsp3) is 0.600. The van der Waals surface area contributed by atoms with Crippen molar-refractivity contribution in [2.45, 2.75) is 25.4 Å². The molecule has 0 amide bonds. The summed E-state index contributed by atoms with van der Waals surface area (Å²) in [5, 5.41) is 0. The lowest BCUT2D eigenvalue weighted by molar-refractivity contribution is 0.178. The average molecular weight is 280 g/mol. The Balaban J connectivity index is 2.32. The molecule has 2 unspecified atom stereocenters. The van der Waals surface area contributed by atoms with Crippen LogP contribution in [0.3, 0.4) is 0 Å². The molecule has 20 heavy (non-hydrogen) atoms. The van der Waals surface area contributed by atoms with Crippen LogP contribution in [0.2, 0.25) is 0 Å². The van der Waals surface area contributed by atoms with Crippen molar-refractivity contribution in [3.05, 3.63) is 35.1 Å². The monoisotopic (exact) mass is 280 g/mol. The topological polar surface area (TPSA) is 44.5 Å². The van der Waals surface area contributed by atoms with Gasteiger partial charge in [0, 0.05) is 12.6 Å². The quantitative estimate of drug-likeness (QED) is 0.646. The molecule has 2 atom stereocenters. The first-order valence-corrected chi connectivity index (χ1v) is 7.14. The Hall–Kier alpha value is -1.01. The van der Waals surface area contributed by atoms with Crippen molar-refractivity contribution >= 4 is 0 Å². The fourth-order valence-corrected chi connectivity index (χ4v) is 3.02. The molecule has 0 bridgehead atoms. The van der Waals surface area contributed by atoms with E-state index in [1.165, 1.54) is 6.07 Å². The van der Waals surface area contributed by atoms with Crippen molar-refractivity contribution in [1.82, 2.24) is 15.2 Å². The maximum absolute atomic E-state index is 13.6. The first-order chi connectivity index (χ1) is 9.52. The molecule has 1 saturated heterocycles. The minimum atomic E-state index is -0.213. The highest BCUT2D eigenvalue weighted by molar-refractivity contribution is 5.31. The first-order valence-electron chi connectivity index (χ1n) is 7.14. The molecule has 1 aromatic rings. The van der Waals surface area contributed by atoms with Crippen molar-refractivity contribution < 1.29 is 4.39 Å². The Labute approximate surface area is 120 Å². The predicted molar refractivity (Wildman–Crippen MR) is 79.7 cm³/mol. The fourth-order valence-electron chi connectivity index (χ4n) is 3.02. The van der Waals surface area contributed by atoms with E-state index in [1.807, 2.05) is 13.0 Å². The van der Waals surface area contributed by atoms with Gasteiger partial charge in [0.25, 0.3) is 0 Å². The van der Waals surface area contributed by atoms with E-state index < -0.39 is 0 Å². The number of nitrogens with zero attached hydrogens (tertiary/aromatic N) is 2. The van der Waals surface area contributed by atoms with Gasteiger partial charge >= 0.3 is 0 Å². The minimum absolute atomic E-state index is 0.0729. The van der Waals surface area contributed by atoms with E-state index in [0.717, 1.165) is 37.2 Å². The smallest absolute Gasteiger partial charge is 0.123 e. The molecule has 1 aliphatic heterocycles. The zero-order valence-corrected chi connectivity index (χ0v) is 12.6. The molecular formula is C15H25FN4. The number of hydrogen-bond donors (Lipinski definition) is 2. The molecule has 112 valence electrons. The van der Waals surface area contributed by atoms with Crippen molar-refractivity contribution in [2.24, 2.45) is 5.84 Å². The summed E-state index contributed by atoms with van der Waals surface area (Å²) in [7, 11) is 4.24. The lowest BCUT2D eigenvalue weighted by Crippen LogP contribution is -2.49. The third-order valence-corrected chi connectivity index (χ3v) is 4.26. The van der Waals surface area contributed by atoms with Gasteiger partial charge in [0.05, 0.1) is 6.04 Å². The highest BCUT2D eigenvalue weighted by atomic mass is 19.1. The molecule has 0 aromatic heterocycles. The molecule has 1 aromatic carbocycles. The molecule has 0 saturated carbocycles. The molecule has 5 heteroatoms. The van der Waals surface area contributed by atoms with Gasteiger partial charge in [0.15, 0.2) is 0 Å². The van der Waals surface area contributed by atoms with E-state index in [-0.39, 0.29) is 17.9 Å². The zero-order chi connectivity index (χ0) is 14.7. The Bertz CT molecular complexity index is 451. The molecule has 0 spiro atoms. The number of benzene rings is 1. The second-order valence-corrected chi connectivity index (χ2v) is 5.81. The molecular weight excluding hydrogens is 255 g/mol. The lowest BCUT2D eigenvalue weighted by Gasteiger charge is -2.35. The van der Waals surface area contributed by atoms with E-state index in [2.05, 4.69) is 29.3 Å². The summed E-state index contributed by atoms with van der Waals surface area (Å²) in [5.41, 5.74) is 4.91. The minimum Gasteiger partial charge on any atom is -0.305 e. The predicted octanol–water partition coefficient (Wildman–Crippen LogP) is 1.27. The number of hydrazine groups is 1. The molecule has 1 aliphatic rings. The first kappa shape index (κ1) is 15.4. The third-order valence-electron chi connectivity index (χ3n) is 4.26. The van der Waals surface area contributed by atoms with Gasteiger partial charge in [0.2, 0.25) is 0 Å². The summed E-state index contributed by atoms with van der Waals surface area (Å²) in [5.74, 6) is 5.58. The summed E-state index contributed by atoms with van der Waals surface area (Å²) >= 11 is 0. The highest BCUT2D eigenvalue weighted by Crippen LogP contribution is 2.25. The standard InChI is InChI=1S/C15H25FN4/c1-11-5-6-12(16)9-13(11)15(18-17)14-10-19(2)7-4-8-20(14)3/h5-6,9,14-15,18H,4,7-8,10,17H2,1-3H3. The molecule has 0 aliphatic carbocycles. The normalized spacial score (nSPS) is 23.6. The Morgan fingerprint density at radius 3 is 2.80 bits per heavy atom. The number of likely N-dealkylation sites (N-methyl/N-ethyl adjacent to an activating group) is 2. The second kappa shape index (κ2) is 6.63. The number of halogens is 1. The van der Waals surface area contributed by atoms with Gasteiger partial charge in [-0.2, -0.15) is 0 Å². The molecule has 0 radical (unpaired) electrons. The third kappa shape index (κ3) is 3.35. The van der Waals surface area contributed by atoms with Crippen LogP contribution in [0.1, 0.15) is 23.6 Å². The number of aryl methyl sites for hydroxylation is 1. The summed E-state index contributed by atoms with van der Waals surface area (Å²) in [6.07, 6.45) is 1.14.